The van der Waals surface area contributed by atoms with Gasteiger partial charge in [-0.05, 0) is 49.2 Å². The first-order chi connectivity index (χ1) is 17.7. The zero-order valence-electron chi connectivity index (χ0n) is 20.7. The fourth-order valence-corrected chi connectivity index (χ4v) is 6.60. The van der Waals surface area contributed by atoms with Crippen molar-refractivity contribution in [1.29, 1.82) is 0 Å². The third-order valence-corrected chi connectivity index (χ3v) is 8.90. The molecule has 0 saturated carbocycles. The van der Waals surface area contributed by atoms with Crippen LogP contribution in [0.4, 0.5) is 19.3 Å². The molecule has 12 heteroatoms. The molecule has 4 rings (SSSR count). The first-order valence-corrected chi connectivity index (χ1v) is 14.0. The number of carbonyl (C=O) groups is 1. The molecule has 0 aromatic heterocycles. The van der Waals surface area contributed by atoms with Gasteiger partial charge >= 0.3 is 6.03 Å². The van der Waals surface area contributed by atoms with Gasteiger partial charge in [0.2, 0.25) is 0 Å². The van der Waals surface area contributed by atoms with Gasteiger partial charge in [-0.15, -0.1) is 0 Å². The van der Waals surface area contributed by atoms with Crippen molar-refractivity contribution < 1.29 is 26.7 Å². The average Bonchev–Trinajstić information content (AvgIpc) is 2.90. The summed E-state index contributed by atoms with van der Waals surface area (Å²) in [5.41, 5.74) is -0.388. The third-order valence-electron chi connectivity index (χ3n) is 6.77. The maximum atomic E-state index is 15.0. The largest absolute Gasteiger partial charge is 0.383 e. The smallest absolute Gasteiger partial charge is 0.320 e. The number of piperidine rings is 1. The van der Waals surface area contributed by atoms with Crippen LogP contribution in [-0.4, -0.2) is 94.7 Å². The van der Waals surface area contributed by atoms with Crippen LogP contribution in [-0.2, 0) is 14.8 Å². The number of rotatable bonds is 7. The normalized spacial score (nSPS) is 19.2. The zero-order valence-corrected chi connectivity index (χ0v) is 22.2. The van der Waals surface area contributed by atoms with E-state index in [0.717, 1.165) is 42.1 Å². The van der Waals surface area contributed by atoms with E-state index in [1.807, 2.05) is 0 Å². The van der Waals surface area contributed by atoms with Crippen LogP contribution in [0.3, 0.4) is 0 Å². The van der Waals surface area contributed by atoms with E-state index in [1.165, 1.54) is 24.3 Å². The van der Waals surface area contributed by atoms with Gasteiger partial charge in [-0.1, -0.05) is 11.6 Å². The highest BCUT2D eigenvalue weighted by molar-refractivity contribution is 7.92. The van der Waals surface area contributed by atoms with E-state index in [4.69, 9.17) is 16.3 Å². The second-order valence-electron chi connectivity index (χ2n) is 9.20. The molecule has 2 aromatic carbocycles. The van der Waals surface area contributed by atoms with E-state index in [9.17, 15) is 22.0 Å². The summed E-state index contributed by atoms with van der Waals surface area (Å²) in [6, 6.07) is 7.28. The van der Waals surface area contributed by atoms with Crippen LogP contribution in [0.5, 0.6) is 0 Å². The van der Waals surface area contributed by atoms with Crippen molar-refractivity contribution in [1.82, 2.24) is 14.7 Å². The molecule has 0 radical (unpaired) electrons. The average molecular weight is 557 g/mol. The molecule has 8 nitrogen and oxygen atoms in total. The number of amides is 2. The highest BCUT2D eigenvalue weighted by Gasteiger charge is 2.38. The molecule has 202 valence electrons. The van der Waals surface area contributed by atoms with E-state index in [-0.39, 0.29) is 23.2 Å². The molecule has 0 bridgehead atoms. The Kier molecular flexibility index (Phi) is 8.89. The predicted molar refractivity (Wildman–Crippen MR) is 137 cm³/mol. The number of sulfonamides is 1. The molecule has 2 amide bonds. The van der Waals surface area contributed by atoms with Crippen LogP contribution in [0.25, 0.3) is 0 Å². The van der Waals surface area contributed by atoms with Crippen molar-refractivity contribution in [2.75, 3.05) is 63.8 Å². The van der Waals surface area contributed by atoms with Gasteiger partial charge in [0.25, 0.3) is 10.0 Å². The number of nitrogens with zero attached hydrogens (tertiary/aromatic N) is 4. The molecule has 2 saturated heterocycles. The minimum Gasteiger partial charge on any atom is -0.383 e. The Hall–Kier alpha value is -2.47. The maximum Gasteiger partial charge on any atom is 0.320 e. The molecular weight excluding hydrogens is 526 g/mol. The zero-order chi connectivity index (χ0) is 26.6. The molecule has 1 atom stereocenters. The lowest BCUT2D eigenvalue weighted by Crippen LogP contribution is -2.57. The SMILES string of the molecule is COCCN1CCN(C(=O)N2CCCC(N(c3cc(F)ccc3F)S(=O)(=O)c3ccc(Cl)cc3)C2)CC1. The van der Waals surface area contributed by atoms with Crippen LogP contribution in [0.15, 0.2) is 47.4 Å². The summed E-state index contributed by atoms with van der Waals surface area (Å²) in [4.78, 5) is 18.8. The molecule has 2 aliphatic rings. The lowest BCUT2D eigenvalue weighted by Gasteiger charge is -2.42. The van der Waals surface area contributed by atoms with Crippen molar-refractivity contribution in [2.24, 2.45) is 0 Å². The predicted octanol–water partition coefficient (Wildman–Crippen LogP) is 3.66. The summed E-state index contributed by atoms with van der Waals surface area (Å²) in [6.07, 6.45) is 0.908. The Morgan fingerprint density at radius 1 is 1.05 bits per heavy atom. The van der Waals surface area contributed by atoms with E-state index in [2.05, 4.69) is 4.90 Å². The molecule has 2 heterocycles. The number of piperazine rings is 1. The summed E-state index contributed by atoms with van der Waals surface area (Å²) in [7, 11) is -2.65. The number of halogens is 3. The van der Waals surface area contributed by atoms with Crippen molar-refractivity contribution >= 4 is 33.3 Å². The minimum absolute atomic E-state index is 0.0610. The lowest BCUT2D eigenvalue weighted by molar-refractivity contribution is 0.0881. The molecule has 37 heavy (non-hydrogen) atoms. The molecule has 1 unspecified atom stereocenters. The van der Waals surface area contributed by atoms with Gasteiger partial charge in [0.1, 0.15) is 11.6 Å². The highest BCUT2D eigenvalue weighted by atomic mass is 35.5. The van der Waals surface area contributed by atoms with Crippen LogP contribution >= 0.6 is 11.6 Å². The lowest BCUT2D eigenvalue weighted by atomic mass is 10.1. The maximum absolute atomic E-state index is 15.0. The van der Waals surface area contributed by atoms with E-state index < -0.39 is 27.7 Å². The van der Waals surface area contributed by atoms with Gasteiger partial charge in [-0.3, -0.25) is 9.21 Å². The molecule has 2 fully saturated rings. The van der Waals surface area contributed by atoms with Crippen LogP contribution in [0.2, 0.25) is 5.02 Å². The molecule has 0 N–H and O–H groups in total. The number of benzene rings is 2. The third kappa shape index (κ3) is 6.34. The van der Waals surface area contributed by atoms with Crippen molar-refractivity contribution in [3.8, 4) is 0 Å². The standard InChI is InChI=1S/C25H31ClF2N4O4S/c1-36-16-15-29-11-13-30(14-12-29)25(33)31-10-2-3-21(18-31)32(24-17-20(27)6-9-23(24)28)37(34,35)22-7-4-19(26)5-8-22/h4-9,17,21H,2-3,10-16,18H2,1H3. The number of urea groups is 1. The van der Waals surface area contributed by atoms with E-state index >= 15 is 0 Å². The Bertz CT molecular complexity index is 1190. The first kappa shape index (κ1) is 27.6. The summed E-state index contributed by atoms with van der Waals surface area (Å²) in [5, 5.41) is 0.346. The number of methoxy groups -OCH3 is 1. The summed E-state index contributed by atoms with van der Waals surface area (Å²) >= 11 is 5.94. The highest BCUT2D eigenvalue weighted by Crippen LogP contribution is 2.33. The van der Waals surface area contributed by atoms with E-state index in [1.54, 1.807) is 16.9 Å². The first-order valence-electron chi connectivity index (χ1n) is 12.2. The second kappa shape index (κ2) is 11.9. The van der Waals surface area contributed by atoms with Crippen molar-refractivity contribution in [3.63, 3.8) is 0 Å². The van der Waals surface area contributed by atoms with Crippen molar-refractivity contribution in [3.05, 3.63) is 59.1 Å². The number of ether oxygens (including phenoxy) is 1. The van der Waals surface area contributed by atoms with Crippen LogP contribution in [0.1, 0.15) is 12.8 Å². The summed E-state index contributed by atoms with van der Waals surface area (Å²) < 4.78 is 62.7. The molecule has 2 aromatic rings. The fraction of sp³-hybridized carbons (Fsp3) is 0.480. The number of carbonyl (C=O) groups excluding carboxylic acids is 1. The van der Waals surface area contributed by atoms with Gasteiger partial charge in [-0.25, -0.2) is 22.0 Å². The monoisotopic (exact) mass is 556 g/mol. The second-order valence-corrected chi connectivity index (χ2v) is 11.4. The Labute approximate surface area is 221 Å². The summed E-state index contributed by atoms with van der Waals surface area (Å²) in [5.74, 6) is -1.63. The van der Waals surface area contributed by atoms with E-state index in [0.29, 0.717) is 44.1 Å². The molecule has 2 aliphatic heterocycles. The molecular formula is C25H31ClF2N4O4S. The van der Waals surface area contributed by atoms with Gasteiger partial charge < -0.3 is 14.5 Å². The summed E-state index contributed by atoms with van der Waals surface area (Å²) in [6.45, 7) is 4.47. The van der Waals surface area contributed by atoms with Gasteiger partial charge in [-0.2, -0.15) is 0 Å². The molecule has 0 aliphatic carbocycles. The van der Waals surface area contributed by atoms with Gasteiger partial charge in [0, 0.05) is 64.0 Å². The topological polar surface area (TPSA) is 73.4 Å². The van der Waals surface area contributed by atoms with Crippen LogP contribution in [0, 0.1) is 11.6 Å². The van der Waals surface area contributed by atoms with Gasteiger partial charge in [0.05, 0.1) is 23.2 Å². The van der Waals surface area contributed by atoms with Gasteiger partial charge in [0.15, 0.2) is 0 Å². The minimum atomic E-state index is -4.30. The Balaban J connectivity index is 1.58. The number of likely N-dealkylation sites (tertiary alicyclic amines) is 1. The molecule has 0 spiro atoms. The van der Waals surface area contributed by atoms with Crippen molar-refractivity contribution in [2.45, 2.75) is 23.8 Å². The Morgan fingerprint density at radius 3 is 2.43 bits per heavy atom. The fourth-order valence-electron chi connectivity index (χ4n) is 4.80. The Morgan fingerprint density at radius 2 is 1.76 bits per heavy atom. The van der Waals surface area contributed by atoms with Crippen LogP contribution < -0.4 is 4.31 Å². The number of hydrogen-bond acceptors (Lipinski definition) is 5. The number of hydrogen-bond donors (Lipinski definition) is 0. The number of anilines is 1. The quantitative estimate of drug-likeness (QED) is 0.520.